The minimum Gasteiger partial charge on any atom is -0.480 e. The number of carboxylic acids is 1. The molecule has 0 aliphatic heterocycles. The molecule has 0 radical (unpaired) electrons. The zero-order valence-electron chi connectivity index (χ0n) is 12.4. The summed E-state index contributed by atoms with van der Waals surface area (Å²) in [5, 5.41) is 16.9. The summed E-state index contributed by atoms with van der Waals surface area (Å²) < 4.78 is 0. The molecule has 0 fully saturated rings. The molecule has 0 unspecified atom stereocenters. The van der Waals surface area contributed by atoms with Crippen molar-refractivity contribution in [1.29, 1.82) is 0 Å². The Labute approximate surface area is 127 Å². The average Bonchev–Trinajstić information content (AvgIpc) is 2.41. The van der Waals surface area contributed by atoms with Crippen molar-refractivity contribution in [2.24, 2.45) is 16.9 Å². The molecule has 22 heavy (non-hydrogen) atoms. The summed E-state index contributed by atoms with van der Waals surface area (Å²) in [4.78, 5) is 36.2. The third-order valence-corrected chi connectivity index (χ3v) is 2.77. The highest BCUT2D eigenvalue weighted by molar-refractivity contribution is 5.87. The quantitative estimate of drug-likeness (QED) is 0.123. The molecular formula is C11H21N7O4. The molecule has 0 heterocycles. The van der Waals surface area contributed by atoms with E-state index in [-0.39, 0.29) is 18.9 Å². The van der Waals surface area contributed by atoms with Crippen molar-refractivity contribution in [1.82, 2.24) is 16.1 Å². The molecule has 0 aromatic heterocycles. The fourth-order valence-electron chi connectivity index (χ4n) is 1.64. The van der Waals surface area contributed by atoms with Gasteiger partial charge in [-0.2, -0.15) is 4.91 Å². The number of azide groups is 1. The summed E-state index contributed by atoms with van der Waals surface area (Å²) in [7, 11) is 0. The second-order valence-corrected chi connectivity index (χ2v) is 4.87. The van der Waals surface area contributed by atoms with Crippen molar-refractivity contribution in [3.63, 3.8) is 0 Å². The van der Waals surface area contributed by atoms with E-state index < -0.39 is 30.0 Å². The van der Waals surface area contributed by atoms with Gasteiger partial charge >= 0.3 is 12.0 Å². The summed E-state index contributed by atoms with van der Waals surface area (Å²) >= 11 is 0. The Morgan fingerprint density at radius 2 is 2.00 bits per heavy atom. The van der Waals surface area contributed by atoms with Crippen LogP contribution in [0.4, 0.5) is 4.79 Å². The Kier molecular flexibility index (Phi) is 8.87. The fraction of sp³-hybridized carbons (Fsp3) is 0.727. The van der Waals surface area contributed by atoms with E-state index >= 15 is 0 Å². The normalized spacial score (nSPS) is 12.7. The molecular weight excluding hydrogens is 294 g/mol. The summed E-state index contributed by atoms with van der Waals surface area (Å²) in [6.07, 6.45) is 0.448. The van der Waals surface area contributed by atoms with Gasteiger partial charge in [-0.05, 0) is 18.1 Å². The predicted molar refractivity (Wildman–Crippen MR) is 77.3 cm³/mol. The van der Waals surface area contributed by atoms with Gasteiger partial charge in [0.05, 0.1) is 0 Å². The van der Waals surface area contributed by atoms with Crippen molar-refractivity contribution in [3.8, 4) is 0 Å². The lowest BCUT2D eigenvalue weighted by atomic mass is 10.0. The van der Waals surface area contributed by atoms with E-state index in [1.54, 1.807) is 13.8 Å². The Morgan fingerprint density at radius 1 is 1.36 bits per heavy atom. The summed E-state index contributed by atoms with van der Waals surface area (Å²) in [6, 6.07) is -2.66. The number of rotatable bonds is 10. The molecule has 2 atom stereocenters. The van der Waals surface area contributed by atoms with Gasteiger partial charge in [0, 0.05) is 12.5 Å². The number of hydrogen-bond donors (Lipinski definition) is 5. The minimum absolute atomic E-state index is 0.119. The molecule has 0 aliphatic rings. The lowest BCUT2D eigenvalue weighted by molar-refractivity contribution is -0.142. The maximum absolute atomic E-state index is 12.0. The van der Waals surface area contributed by atoms with Crippen LogP contribution in [0.5, 0.6) is 0 Å². The van der Waals surface area contributed by atoms with Gasteiger partial charge in [-0.15, -0.1) is 5.53 Å². The average molecular weight is 315 g/mol. The number of nitrogens with two attached hydrogens (primary N) is 1. The highest BCUT2D eigenvalue weighted by atomic mass is 16.4. The van der Waals surface area contributed by atoms with Crippen LogP contribution in [-0.2, 0) is 9.59 Å². The Hall–Kier alpha value is -2.68. The second kappa shape index (κ2) is 10.1. The van der Waals surface area contributed by atoms with Crippen LogP contribution >= 0.6 is 0 Å². The van der Waals surface area contributed by atoms with E-state index in [9.17, 15) is 14.4 Å². The zero-order valence-corrected chi connectivity index (χ0v) is 12.4. The van der Waals surface area contributed by atoms with Gasteiger partial charge in [-0.1, -0.05) is 13.8 Å². The molecule has 6 N–H and O–H groups in total. The van der Waals surface area contributed by atoms with E-state index in [4.69, 9.17) is 16.4 Å². The number of nitrogens with one attached hydrogen (secondary N) is 3. The van der Waals surface area contributed by atoms with Crippen LogP contribution < -0.4 is 21.8 Å². The number of carbonyl (C=O) groups is 3. The number of urea groups is 1. The van der Waals surface area contributed by atoms with Gasteiger partial charge in [0.2, 0.25) is 0 Å². The molecule has 0 aliphatic carbocycles. The topological polar surface area (TPSA) is 182 Å². The van der Waals surface area contributed by atoms with Crippen LogP contribution in [0.2, 0.25) is 0 Å². The van der Waals surface area contributed by atoms with Crippen molar-refractivity contribution in [2.75, 3.05) is 6.54 Å². The number of hydrogen-bond acceptors (Lipinski definition) is 4. The van der Waals surface area contributed by atoms with Gasteiger partial charge in [-0.25, -0.2) is 15.0 Å². The first-order valence-corrected chi connectivity index (χ1v) is 6.65. The van der Waals surface area contributed by atoms with Gasteiger partial charge in [0.1, 0.15) is 6.04 Å². The first kappa shape index (κ1) is 19.3. The largest absolute Gasteiger partial charge is 0.480 e. The number of carbonyl (C=O) groups excluding carboxylic acids is 2. The van der Waals surface area contributed by atoms with Crippen molar-refractivity contribution in [2.45, 2.75) is 38.8 Å². The lowest BCUT2D eigenvalue weighted by Gasteiger charge is -2.20. The van der Waals surface area contributed by atoms with E-state index in [0.717, 1.165) is 0 Å². The third kappa shape index (κ3) is 7.80. The third-order valence-electron chi connectivity index (χ3n) is 2.77. The number of amides is 3. The van der Waals surface area contributed by atoms with Gasteiger partial charge in [0.15, 0.2) is 6.04 Å². The molecule has 124 valence electrons. The monoisotopic (exact) mass is 315 g/mol. The van der Waals surface area contributed by atoms with Crippen LogP contribution in [0, 0.1) is 5.92 Å². The lowest BCUT2D eigenvalue weighted by Crippen LogP contribution is -2.51. The SMILES string of the molecule is CC(C)[C@H](NN=[N+]=[N-])C(=O)N[C@@H](CCCNC(N)=O)C(=O)O. The van der Waals surface area contributed by atoms with Gasteiger partial charge in [0.25, 0.3) is 5.91 Å². The number of aliphatic carboxylic acids is 1. The first-order valence-electron chi connectivity index (χ1n) is 6.65. The van der Waals surface area contributed by atoms with Crippen LogP contribution in [0.15, 0.2) is 5.22 Å². The zero-order chi connectivity index (χ0) is 17.1. The highest BCUT2D eigenvalue weighted by Crippen LogP contribution is 2.04. The molecule has 11 nitrogen and oxygen atoms in total. The maximum Gasteiger partial charge on any atom is 0.326 e. The smallest absolute Gasteiger partial charge is 0.326 e. The van der Waals surface area contributed by atoms with E-state index in [0.29, 0.717) is 6.42 Å². The Bertz CT molecular complexity index is 448. The number of nitrogens with zero attached hydrogens (tertiary/aromatic N) is 3. The van der Waals surface area contributed by atoms with Crippen molar-refractivity contribution in [3.05, 3.63) is 10.4 Å². The first-order chi connectivity index (χ1) is 10.3. The van der Waals surface area contributed by atoms with Gasteiger partial charge < -0.3 is 21.5 Å². The maximum atomic E-state index is 12.0. The van der Waals surface area contributed by atoms with E-state index in [2.05, 4.69) is 26.2 Å². The standard InChI is InChI=1S/C11H21N7O4/c1-6(2)8(16-18-17-13)9(19)15-7(10(20)21)4-3-5-14-11(12)22/h6-8,16H,3-5H2,1-2H3,(H,15,19)(H,20,21)(H3,12,14,22)/t7-,8-/m0/s1. The van der Waals surface area contributed by atoms with Crippen LogP contribution in [0.1, 0.15) is 26.7 Å². The molecule has 11 heteroatoms. The summed E-state index contributed by atoms with van der Waals surface area (Å²) in [5.41, 5.74) is 15.5. The molecule has 3 amide bonds. The molecule has 0 aromatic rings. The van der Waals surface area contributed by atoms with Crippen LogP contribution in [0.3, 0.4) is 0 Å². The predicted octanol–water partition coefficient (Wildman–Crippen LogP) is -0.156. The molecule has 0 aromatic carbocycles. The molecule has 0 saturated heterocycles. The number of carboxylic acid groups (broad SMARTS) is 1. The molecule has 0 bridgehead atoms. The van der Waals surface area contributed by atoms with Crippen molar-refractivity contribution < 1.29 is 19.5 Å². The van der Waals surface area contributed by atoms with E-state index in [1.165, 1.54) is 0 Å². The van der Waals surface area contributed by atoms with Gasteiger partial charge in [-0.3, -0.25) is 4.79 Å². The Balaban J connectivity index is 4.57. The minimum atomic E-state index is -1.20. The molecule has 0 spiro atoms. The second-order valence-electron chi connectivity index (χ2n) is 4.87. The van der Waals surface area contributed by atoms with Crippen LogP contribution in [0.25, 0.3) is 10.4 Å². The summed E-state index contributed by atoms with van der Waals surface area (Å²) in [6.45, 7) is 3.65. The molecule has 0 saturated carbocycles. The van der Waals surface area contributed by atoms with E-state index in [1.807, 2.05) is 0 Å². The fourth-order valence-corrected chi connectivity index (χ4v) is 1.64. The van der Waals surface area contributed by atoms with Crippen LogP contribution in [-0.4, -0.2) is 41.6 Å². The highest BCUT2D eigenvalue weighted by Gasteiger charge is 2.28. The summed E-state index contributed by atoms with van der Waals surface area (Å²) in [5.74, 6) is -1.99. The Morgan fingerprint density at radius 3 is 2.45 bits per heavy atom. The van der Waals surface area contributed by atoms with Crippen molar-refractivity contribution >= 4 is 17.9 Å². The molecule has 0 rings (SSSR count). The number of primary amides is 1.